The highest BCUT2D eigenvalue weighted by atomic mass is 32.2. The minimum atomic E-state index is -3.76. The zero-order valence-electron chi connectivity index (χ0n) is 17.2. The third-order valence-corrected chi connectivity index (χ3v) is 9.21. The number of nitrogens with zero attached hydrogens (tertiary/aromatic N) is 2. The lowest BCUT2D eigenvalue weighted by atomic mass is 10.2. The number of nitrogens with one attached hydrogen (secondary N) is 1. The molecule has 1 fully saturated rings. The van der Waals surface area contributed by atoms with Gasteiger partial charge in [0.15, 0.2) is 0 Å². The fourth-order valence-electron chi connectivity index (χ4n) is 3.48. The molecule has 3 aromatic rings. The molecule has 162 valence electrons. The maximum atomic E-state index is 13.2. The fourth-order valence-corrected chi connectivity index (χ4v) is 7.67. The number of sulfonamides is 1. The predicted octanol–water partition coefficient (Wildman–Crippen LogP) is 3.81. The molecule has 0 unspecified atom stereocenters. The van der Waals surface area contributed by atoms with Crippen LogP contribution >= 0.6 is 23.1 Å². The normalized spacial score (nSPS) is 17.0. The van der Waals surface area contributed by atoms with Crippen LogP contribution in [0.25, 0.3) is 10.6 Å². The lowest BCUT2D eigenvalue weighted by Gasteiger charge is -2.23. The molecule has 0 saturated carbocycles. The van der Waals surface area contributed by atoms with Gasteiger partial charge in [0.2, 0.25) is 15.9 Å². The summed E-state index contributed by atoms with van der Waals surface area (Å²) in [6, 6.07) is 14.4. The molecule has 2 aromatic carbocycles. The van der Waals surface area contributed by atoms with Crippen LogP contribution in [0.3, 0.4) is 0 Å². The second kappa shape index (κ2) is 9.12. The van der Waals surface area contributed by atoms with Gasteiger partial charge >= 0.3 is 0 Å². The van der Waals surface area contributed by atoms with Gasteiger partial charge in [-0.1, -0.05) is 48.0 Å². The average molecular weight is 474 g/mol. The molecule has 0 bridgehead atoms. The Morgan fingerprint density at radius 2 is 1.97 bits per heavy atom. The number of amides is 1. The van der Waals surface area contributed by atoms with Crippen LogP contribution in [-0.2, 0) is 21.4 Å². The summed E-state index contributed by atoms with van der Waals surface area (Å²) in [7, 11) is -3.76. The predicted molar refractivity (Wildman–Crippen MR) is 125 cm³/mol. The van der Waals surface area contributed by atoms with E-state index >= 15 is 0 Å². The van der Waals surface area contributed by atoms with Crippen molar-refractivity contribution in [2.24, 2.45) is 0 Å². The van der Waals surface area contributed by atoms with Crippen LogP contribution in [0.15, 0.2) is 58.8 Å². The molecule has 1 aliphatic rings. The Balaban J connectivity index is 1.45. The Morgan fingerprint density at radius 1 is 1.19 bits per heavy atom. The summed E-state index contributed by atoms with van der Waals surface area (Å²) in [5, 5.41) is 5.67. The number of thioether (sulfide) groups is 1. The van der Waals surface area contributed by atoms with Crippen molar-refractivity contribution in [3.05, 3.63) is 70.7 Å². The van der Waals surface area contributed by atoms with Crippen LogP contribution in [0.4, 0.5) is 0 Å². The van der Waals surface area contributed by atoms with Crippen LogP contribution < -0.4 is 5.32 Å². The second-order valence-corrected chi connectivity index (χ2v) is 11.1. The van der Waals surface area contributed by atoms with Crippen molar-refractivity contribution in [2.45, 2.75) is 31.3 Å². The first-order valence-electron chi connectivity index (χ1n) is 9.80. The van der Waals surface area contributed by atoms with Gasteiger partial charge in [-0.05, 0) is 25.5 Å². The summed E-state index contributed by atoms with van der Waals surface area (Å²) >= 11 is 2.96. The Morgan fingerprint density at radius 3 is 2.71 bits per heavy atom. The highest BCUT2D eigenvalue weighted by Gasteiger charge is 2.40. The summed E-state index contributed by atoms with van der Waals surface area (Å²) in [4.78, 5) is 17.7. The largest absolute Gasteiger partial charge is 0.349 e. The topological polar surface area (TPSA) is 79.4 Å². The maximum Gasteiger partial charge on any atom is 0.244 e. The number of aryl methyl sites for hydroxylation is 2. The van der Waals surface area contributed by atoms with E-state index in [4.69, 9.17) is 0 Å². The SMILES string of the molecule is Cc1ccc(S(=O)(=O)N2CSC[C@@H]2C(=O)NCc2csc(-c3ccccc3)n2)c(C)c1. The van der Waals surface area contributed by atoms with Gasteiger partial charge in [-0.3, -0.25) is 4.79 Å². The molecule has 1 aliphatic heterocycles. The third-order valence-electron chi connectivity index (χ3n) is 5.08. The first-order chi connectivity index (χ1) is 14.9. The summed E-state index contributed by atoms with van der Waals surface area (Å²) in [6.07, 6.45) is 0. The van der Waals surface area contributed by atoms with Crippen LogP contribution in [0, 0.1) is 13.8 Å². The van der Waals surface area contributed by atoms with E-state index in [1.165, 1.54) is 27.4 Å². The third kappa shape index (κ3) is 4.69. The van der Waals surface area contributed by atoms with E-state index in [-0.39, 0.29) is 23.2 Å². The molecule has 1 saturated heterocycles. The van der Waals surface area contributed by atoms with Crippen LogP contribution in [0.2, 0.25) is 0 Å². The Hall–Kier alpha value is -2.20. The highest BCUT2D eigenvalue weighted by Crippen LogP contribution is 2.30. The molecule has 0 aliphatic carbocycles. The van der Waals surface area contributed by atoms with Gasteiger partial charge in [-0.15, -0.1) is 23.1 Å². The van der Waals surface area contributed by atoms with E-state index in [0.29, 0.717) is 11.3 Å². The molecule has 1 aromatic heterocycles. The first kappa shape index (κ1) is 22.0. The van der Waals surface area contributed by atoms with Crippen molar-refractivity contribution in [2.75, 3.05) is 11.6 Å². The number of carbonyl (C=O) groups excluding carboxylic acids is 1. The first-order valence-corrected chi connectivity index (χ1v) is 13.3. The van der Waals surface area contributed by atoms with Gasteiger partial charge in [-0.2, -0.15) is 4.31 Å². The molecule has 4 rings (SSSR count). The van der Waals surface area contributed by atoms with E-state index < -0.39 is 16.1 Å². The molecule has 0 radical (unpaired) electrons. The Labute approximate surface area is 190 Å². The van der Waals surface area contributed by atoms with Crippen LogP contribution in [-0.4, -0.2) is 41.3 Å². The zero-order valence-corrected chi connectivity index (χ0v) is 19.7. The molecule has 1 atom stereocenters. The van der Waals surface area contributed by atoms with Gasteiger partial charge in [0, 0.05) is 16.7 Å². The highest BCUT2D eigenvalue weighted by molar-refractivity contribution is 8.00. The molecule has 9 heteroatoms. The molecule has 0 spiro atoms. The van der Waals surface area contributed by atoms with Crippen molar-refractivity contribution in [3.63, 3.8) is 0 Å². The number of aromatic nitrogens is 1. The maximum absolute atomic E-state index is 13.2. The smallest absolute Gasteiger partial charge is 0.244 e. The number of hydrogen-bond donors (Lipinski definition) is 1. The van der Waals surface area contributed by atoms with Crippen LogP contribution in [0.1, 0.15) is 16.8 Å². The summed E-state index contributed by atoms with van der Waals surface area (Å²) in [5.41, 5.74) is 3.47. The molecular formula is C22H23N3O3S3. The number of thiazole rings is 1. The molecule has 1 N–H and O–H groups in total. The van der Waals surface area contributed by atoms with E-state index in [1.807, 2.05) is 48.7 Å². The van der Waals surface area contributed by atoms with E-state index in [9.17, 15) is 13.2 Å². The molecule has 6 nitrogen and oxygen atoms in total. The zero-order chi connectivity index (χ0) is 22.0. The Kier molecular flexibility index (Phi) is 6.47. The molecule has 1 amide bonds. The van der Waals surface area contributed by atoms with Crippen molar-refractivity contribution in [3.8, 4) is 10.6 Å². The number of rotatable bonds is 6. The molecule has 2 heterocycles. The minimum absolute atomic E-state index is 0.255. The second-order valence-electron chi connectivity index (χ2n) is 7.40. The van der Waals surface area contributed by atoms with Gasteiger partial charge in [0.25, 0.3) is 0 Å². The number of carbonyl (C=O) groups is 1. The summed E-state index contributed by atoms with van der Waals surface area (Å²) < 4.78 is 27.8. The van der Waals surface area contributed by atoms with Crippen molar-refractivity contribution >= 4 is 39.0 Å². The standard InChI is InChI=1S/C22H23N3O3S3/c1-15-8-9-20(16(2)10-15)31(27,28)25-14-29-13-19(25)21(26)23-11-18-12-30-22(24-18)17-6-4-3-5-7-17/h3-10,12,19H,11,13-14H2,1-2H3,(H,23,26)/t19-/m1/s1. The molecular weight excluding hydrogens is 450 g/mol. The van der Waals surface area contributed by atoms with Crippen LogP contribution in [0.5, 0.6) is 0 Å². The van der Waals surface area contributed by atoms with E-state index in [0.717, 1.165) is 21.8 Å². The van der Waals surface area contributed by atoms with Crippen molar-refractivity contribution in [1.29, 1.82) is 0 Å². The van der Waals surface area contributed by atoms with Gasteiger partial charge < -0.3 is 5.32 Å². The van der Waals surface area contributed by atoms with Gasteiger partial charge in [0.1, 0.15) is 11.0 Å². The summed E-state index contributed by atoms with van der Waals surface area (Å²) in [5.74, 6) is 0.401. The lowest BCUT2D eigenvalue weighted by Crippen LogP contribution is -2.47. The number of benzene rings is 2. The number of hydrogen-bond acceptors (Lipinski definition) is 6. The monoisotopic (exact) mass is 473 g/mol. The quantitative estimate of drug-likeness (QED) is 0.589. The van der Waals surface area contributed by atoms with Gasteiger partial charge in [0.05, 0.1) is 23.0 Å². The summed E-state index contributed by atoms with van der Waals surface area (Å²) in [6.45, 7) is 3.97. The van der Waals surface area contributed by atoms with E-state index in [2.05, 4.69) is 10.3 Å². The van der Waals surface area contributed by atoms with Crippen molar-refractivity contribution in [1.82, 2.24) is 14.6 Å². The molecule has 31 heavy (non-hydrogen) atoms. The Bertz CT molecular complexity index is 1190. The minimum Gasteiger partial charge on any atom is -0.349 e. The van der Waals surface area contributed by atoms with E-state index in [1.54, 1.807) is 19.1 Å². The van der Waals surface area contributed by atoms with Crippen molar-refractivity contribution < 1.29 is 13.2 Å². The van der Waals surface area contributed by atoms with Gasteiger partial charge in [-0.25, -0.2) is 13.4 Å². The fraction of sp³-hybridized carbons (Fsp3) is 0.273. The lowest BCUT2D eigenvalue weighted by molar-refractivity contribution is -0.124. The average Bonchev–Trinajstić information content (AvgIpc) is 3.43.